The lowest BCUT2D eigenvalue weighted by molar-refractivity contribution is 0.370. The molecule has 1 aromatic carbocycles. The number of rotatable bonds is 8. The SMILES string of the molecule is CN(CC1CC1)c1cc(C(=N)OC(=N)C2NCCCC2c2ccccc2)cc(N(C)S(C)(=O)=O)n1. The molecule has 0 amide bonds. The highest BCUT2D eigenvalue weighted by Gasteiger charge is 2.32. The minimum atomic E-state index is -3.54. The Morgan fingerprint density at radius 2 is 1.80 bits per heavy atom. The lowest BCUT2D eigenvalue weighted by atomic mass is 9.84. The van der Waals surface area contributed by atoms with Crippen molar-refractivity contribution in [2.24, 2.45) is 5.92 Å². The maximum absolute atomic E-state index is 12.2. The molecule has 0 spiro atoms. The van der Waals surface area contributed by atoms with Gasteiger partial charge in [-0.2, -0.15) is 0 Å². The Bertz CT molecular complexity index is 1180. The quantitative estimate of drug-likeness (QED) is 0.380. The maximum Gasteiger partial charge on any atom is 0.233 e. The Kier molecular flexibility index (Phi) is 7.42. The molecule has 1 aliphatic carbocycles. The number of hydrogen-bond acceptors (Lipinski definition) is 8. The molecule has 2 atom stereocenters. The second-order valence-electron chi connectivity index (χ2n) is 9.51. The molecule has 188 valence electrons. The molecule has 2 heterocycles. The van der Waals surface area contributed by atoms with Crippen LogP contribution in [-0.4, -0.2) is 64.7 Å². The van der Waals surface area contributed by atoms with Crippen LogP contribution in [0.5, 0.6) is 0 Å². The molecule has 9 nitrogen and oxygen atoms in total. The van der Waals surface area contributed by atoms with Gasteiger partial charge in [-0.1, -0.05) is 30.3 Å². The molecule has 3 N–H and O–H groups in total. The number of hydrogen-bond donors (Lipinski definition) is 3. The van der Waals surface area contributed by atoms with Crippen LogP contribution < -0.4 is 14.5 Å². The Hall–Kier alpha value is -2.98. The zero-order valence-corrected chi connectivity index (χ0v) is 21.3. The zero-order chi connectivity index (χ0) is 25.2. The van der Waals surface area contributed by atoms with Gasteiger partial charge in [0.2, 0.25) is 21.8 Å². The number of aromatic nitrogens is 1. The third kappa shape index (κ3) is 6.18. The van der Waals surface area contributed by atoms with E-state index in [-0.39, 0.29) is 29.6 Å². The fourth-order valence-electron chi connectivity index (χ4n) is 4.40. The molecular weight excluding hydrogens is 464 g/mol. The van der Waals surface area contributed by atoms with E-state index in [1.807, 2.05) is 30.1 Å². The average molecular weight is 499 g/mol. The van der Waals surface area contributed by atoms with Crippen molar-refractivity contribution in [3.63, 3.8) is 0 Å². The summed E-state index contributed by atoms with van der Waals surface area (Å²) in [5.41, 5.74) is 1.51. The van der Waals surface area contributed by atoms with Crippen molar-refractivity contribution in [3.05, 3.63) is 53.6 Å². The number of pyridine rings is 1. The predicted molar refractivity (Wildman–Crippen MR) is 139 cm³/mol. The standard InChI is InChI=1S/C25H34N6O3S/c1-30(16-17-11-12-17)21-14-19(15-22(29-21)31(2)35(3,32)33)24(26)34-25(27)23-20(10-7-13-28-23)18-8-5-4-6-9-18/h4-6,8-9,14-15,17,20,23,26-28H,7,10-13,16H2,1-3H3. The highest BCUT2D eigenvalue weighted by molar-refractivity contribution is 7.92. The van der Waals surface area contributed by atoms with E-state index in [9.17, 15) is 8.42 Å². The number of piperidine rings is 1. The summed E-state index contributed by atoms with van der Waals surface area (Å²) in [6.45, 7) is 1.59. The van der Waals surface area contributed by atoms with Crippen molar-refractivity contribution in [1.29, 1.82) is 10.8 Å². The van der Waals surface area contributed by atoms with Gasteiger partial charge in [-0.25, -0.2) is 13.4 Å². The first-order chi connectivity index (χ1) is 16.6. The second-order valence-corrected chi connectivity index (χ2v) is 11.5. The van der Waals surface area contributed by atoms with E-state index in [2.05, 4.69) is 22.4 Å². The molecule has 10 heteroatoms. The summed E-state index contributed by atoms with van der Waals surface area (Å²) >= 11 is 0. The summed E-state index contributed by atoms with van der Waals surface area (Å²) in [6.07, 6.45) is 5.39. The van der Waals surface area contributed by atoms with Gasteiger partial charge in [-0.3, -0.25) is 15.1 Å². The molecule has 1 saturated carbocycles. The van der Waals surface area contributed by atoms with E-state index in [1.165, 1.54) is 26.0 Å². The maximum atomic E-state index is 12.2. The molecular formula is C25H34N6O3S. The molecule has 1 aromatic heterocycles. The van der Waals surface area contributed by atoms with Crippen molar-refractivity contribution < 1.29 is 13.2 Å². The van der Waals surface area contributed by atoms with Crippen LogP contribution in [-0.2, 0) is 14.8 Å². The Morgan fingerprint density at radius 1 is 1.11 bits per heavy atom. The van der Waals surface area contributed by atoms with Crippen molar-refractivity contribution in [1.82, 2.24) is 10.3 Å². The summed E-state index contributed by atoms with van der Waals surface area (Å²) in [5.74, 6) is 1.23. The predicted octanol–water partition coefficient (Wildman–Crippen LogP) is 3.18. The highest BCUT2D eigenvalue weighted by Crippen LogP contribution is 2.32. The van der Waals surface area contributed by atoms with Crippen LogP contribution in [0.15, 0.2) is 42.5 Å². The highest BCUT2D eigenvalue weighted by atomic mass is 32.2. The first-order valence-electron chi connectivity index (χ1n) is 11.9. The van der Waals surface area contributed by atoms with Gasteiger partial charge in [0.1, 0.15) is 11.6 Å². The van der Waals surface area contributed by atoms with Crippen LogP contribution in [0.3, 0.4) is 0 Å². The Morgan fingerprint density at radius 3 is 2.46 bits per heavy atom. The molecule has 35 heavy (non-hydrogen) atoms. The molecule has 0 bridgehead atoms. The van der Waals surface area contributed by atoms with Crippen LogP contribution in [0, 0.1) is 16.7 Å². The monoisotopic (exact) mass is 498 g/mol. The average Bonchev–Trinajstić information content (AvgIpc) is 3.67. The lowest BCUT2D eigenvalue weighted by Crippen LogP contribution is -2.46. The molecule has 2 aromatic rings. The van der Waals surface area contributed by atoms with Crippen molar-refractivity contribution >= 4 is 33.5 Å². The number of ether oxygens (including phenoxy) is 1. The largest absolute Gasteiger partial charge is 0.423 e. The normalized spacial score (nSPS) is 20.2. The Balaban J connectivity index is 1.58. The van der Waals surface area contributed by atoms with Crippen LogP contribution in [0.25, 0.3) is 0 Å². The van der Waals surface area contributed by atoms with Gasteiger partial charge in [0.25, 0.3) is 0 Å². The van der Waals surface area contributed by atoms with Gasteiger partial charge in [0.15, 0.2) is 0 Å². The molecule has 1 aliphatic heterocycles. The summed E-state index contributed by atoms with van der Waals surface area (Å²) in [5, 5.41) is 20.7. The molecule has 4 rings (SSSR count). The minimum absolute atomic E-state index is 0.0220. The number of nitrogens with zero attached hydrogens (tertiary/aromatic N) is 3. The molecule has 2 unspecified atom stereocenters. The smallest absolute Gasteiger partial charge is 0.233 e. The van der Waals surface area contributed by atoms with E-state index >= 15 is 0 Å². The van der Waals surface area contributed by atoms with E-state index < -0.39 is 10.0 Å². The first-order valence-corrected chi connectivity index (χ1v) is 13.8. The van der Waals surface area contributed by atoms with Crippen LogP contribution in [0.2, 0.25) is 0 Å². The first kappa shape index (κ1) is 25.1. The van der Waals surface area contributed by atoms with Crippen molar-refractivity contribution in [3.8, 4) is 0 Å². The summed E-state index contributed by atoms with van der Waals surface area (Å²) in [6, 6.07) is 13.0. The van der Waals surface area contributed by atoms with E-state index in [4.69, 9.17) is 15.6 Å². The van der Waals surface area contributed by atoms with Crippen LogP contribution in [0.4, 0.5) is 11.6 Å². The molecule has 2 aliphatic rings. The molecule has 0 radical (unpaired) electrons. The minimum Gasteiger partial charge on any atom is -0.423 e. The molecule has 1 saturated heterocycles. The summed E-state index contributed by atoms with van der Waals surface area (Å²) < 4.78 is 31.2. The topological polar surface area (TPSA) is 122 Å². The van der Waals surface area contributed by atoms with Crippen LogP contribution >= 0.6 is 0 Å². The summed E-state index contributed by atoms with van der Waals surface area (Å²) in [7, 11) is -0.187. The van der Waals surface area contributed by atoms with E-state index in [0.29, 0.717) is 17.3 Å². The number of nitrogens with one attached hydrogen (secondary N) is 3. The van der Waals surface area contributed by atoms with Gasteiger partial charge < -0.3 is 15.0 Å². The van der Waals surface area contributed by atoms with E-state index in [1.54, 1.807) is 6.07 Å². The Labute approximate surface area is 207 Å². The fourth-order valence-corrected chi connectivity index (χ4v) is 4.83. The van der Waals surface area contributed by atoms with Gasteiger partial charge in [0.05, 0.1) is 12.3 Å². The fraction of sp³-hybridized carbons (Fsp3) is 0.480. The third-order valence-corrected chi connectivity index (χ3v) is 7.86. The van der Waals surface area contributed by atoms with Crippen molar-refractivity contribution in [2.75, 3.05) is 42.6 Å². The third-order valence-electron chi connectivity index (χ3n) is 6.68. The second kappa shape index (κ2) is 10.3. The molecule has 2 fully saturated rings. The number of sulfonamides is 1. The van der Waals surface area contributed by atoms with Gasteiger partial charge in [-0.15, -0.1) is 0 Å². The number of benzene rings is 1. The number of anilines is 2. The summed E-state index contributed by atoms with van der Waals surface area (Å²) in [4.78, 5) is 6.52. The van der Waals surface area contributed by atoms with Crippen LogP contribution in [0.1, 0.15) is 42.7 Å². The van der Waals surface area contributed by atoms with Gasteiger partial charge in [0, 0.05) is 32.1 Å². The van der Waals surface area contributed by atoms with Gasteiger partial charge in [-0.05, 0) is 55.8 Å². The lowest BCUT2D eigenvalue weighted by Gasteiger charge is -2.32. The van der Waals surface area contributed by atoms with Gasteiger partial charge >= 0.3 is 0 Å². The zero-order valence-electron chi connectivity index (χ0n) is 20.5. The van der Waals surface area contributed by atoms with E-state index in [0.717, 1.165) is 42.1 Å². The van der Waals surface area contributed by atoms with Crippen molar-refractivity contribution in [2.45, 2.75) is 37.6 Å².